The Morgan fingerprint density at radius 3 is 2.72 bits per heavy atom. The highest BCUT2D eigenvalue weighted by Gasteiger charge is 2.19. The van der Waals surface area contributed by atoms with Gasteiger partial charge in [-0.15, -0.1) is 0 Å². The molecule has 0 saturated heterocycles. The molecule has 2 N–H and O–H groups in total. The zero-order valence-electron chi connectivity index (χ0n) is 14.3. The predicted molar refractivity (Wildman–Crippen MR) is 94.9 cm³/mol. The van der Waals surface area contributed by atoms with Gasteiger partial charge in [0.15, 0.2) is 0 Å². The van der Waals surface area contributed by atoms with Crippen molar-refractivity contribution in [1.82, 2.24) is 20.1 Å². The molecule has 0 saturated carbocycles. The second-order valence-electron chi connectivity index (χ2n) is 5.90. The summed E-state index contributed by atoms with van der Waals surface area (Å²) in [6.45, 7) is 3.68. The molecule has 128 valence electrons. The number of anilines is 1. The Balaban J connectivity index is 1.67. The topological polar surface area (TPSA) is 88.9 Å². The van der Waals surface area contributed by atoms with Crippen molar-refractivity contribution in [2.75, 3.05) is 5.32 Å². The summed E-state index contributed by atoms with van der Waals surface area (Å²) in [6, 6.07) is 8.69. The molecule has 2 amide bonds. The molecule has 0 fully saturated rings. The Morgan fingerprint density at radius 2 is 2.00 bits per heavy atom. The number of hydrogen-bond donors (Lipinski definition) is 2. The number of fused-ring (bicyclic) bond motifs is 1. The highest BCUT2D eigenvalue weighted by molar-refractivity contribution is 6.39. The summed E-state index contributed by atoms with van der Waals surface area (Å²) < 4.78 is 1.68. The molecule has 0 radical (unpaired) electrons. The molecule has 1 atom stereocenters. The molecule has 3 aromatic rings. The Kier molecular flexibility index (Phi) is 4.47. The van der Waals surface area contributed by atoms with Crippen LogP contribution in [0.25, 0.3) is 10.9 Å². The van der Waals surface area contributed by atoms with E-state index in [4.69, 9.17) is 0 Å². The summed E-state index contributed by atoms with van der Waals surface area (Å²) in [4.78, 5) is 28.5. The van der Waals surface area contributed by atoms with Gasteiger partial charge < -0.3 is 10.6 Å². The maximum atomic E-state index is 12.2. The number of carbonyl (C=O) groups excluding carboxylic acids is 2. The summed E-state index contributed by atoms with van der Waals surface area (Å²) in [5, 5.41) is 10.4. The summed E-state index contributed by atoms with van der Waals surface area (Å²) >= 11 is 0. The van der Waals surface area contributed by atoms with Crippen LogP contribution in [-0.4, -0.2) is 26.6 Å². The van der Waals surface area contributed by atoms with Gasteiger partial charge in [0.1, 0.15) is 0 Å². The van der Waals surface area contributed by atoms with Gasteiger partial charge in [0.25, 0.3) is 0 Å². The number of nitrogens with zero attached hydrogens (tertiary/aromatic N) is 3. The Morgan fingerprint density at radius 1 is 1.20 bits per heavy atom. The molecule has 1 unspecified atom stereocenters. The number of amides is 2. The van der Waals surface area contributed by atoms with E-state index in [-0.39, 0.29) is 6.04 Å². The molecule has 0 aliphatic rings. The minimum absolute atomic E-state index is 0.312. The number of aromatic nitrogens is 3. The average Bonchev–Trinajstić information content (AvgIpc) is 2.93. The number of benzene rings is 1. The van der Waals surface area contributed by atoms with E-state index in [2.05, 4.69) is 20.7 Å². The minimum atomic E-state index is -0.711. The first-order valence-electron chi connectivity index (χ1n) is 7.91. The maximum Gasteiger partial charge on any atom is 0.313 e. The number of pyridine rings is 1. The Hall–Kier alpha value is -3.22. The summed E-state index contributed by atoms with van der Waals surface area (Å²) in [6.07, 6.45) is 3.53. The number of hydrogen-bond acceptors (Lipinski definition) is 4. The first-order valence-corrected chi connectivity index (χ1v) is 7.91. The number of nitrogens with one attached hydrogen (secondary N) is 2. The van der Waals surface area contributed by atoms with Crippen LogP contribution in [0.5, 0.6) is 0 Å². The van der Waals surface area contributed by atoms with Gasteiger partial charge in [-0.1, -0.05) is 6.07 Å². The molecule has 25 heavy (non-hydrogen) atoms. The number of carbonyl (C=O) groups is 2. The lowest BCUT2D eigenvalue weighted by atomic mass is 10.1. The van der Waals surface area contributed by atoms with Crippen molar-refractivity contribution in [3.63, 3.8) is 0 Å². The van der Waals surface area contributed by atoms with Gasteiger partial charge >= 0.3 is 11.8 Å². The fourth-order valence-corrected chi connectivity index (χ4v) is 2.72. The Labute approximate surface area is 145 Å². The third-order valence-corrected chi connectivity index (χ3v) is 3.93. The molecule has 3 rings (SSSR count). The molecule has 7 heteroatoms. The maximum absolute atomic E-state index is 12.2. The first-order chi connectivity index (χ1) is 11.9. The van der Waals surface area contributed by atoms with Gasteiger partial charge in [0.2, 0.25) is 0 Å². The van der Waals surface area contributed by atoms with E-state index in [0.29, 0.717) is 5.69 Å². The van der Waals surface area contributed by atoms with Crippen LogP contribution in [0, 0.1) is 6.92 Å². The SMILES string of the molecule is Cc1nn(C)cc1C(C)NC(=O)C(=O)Nc1ccc2ncccc2c1. The summed E-state index contributed by atoms with van der Waals surface area (Å²) in [7, 11) is 1.81. The zero-order valence-corrected chi connectivity index (χ0v) is 14.3. The molecule has 2 heterocycles. The van der Waals surface area contributed by atoms with Crippen molar-refractivity contribution < 1.29 is 9.59 Å². The lowest BCUT2D eigenvalue weighted by Gasteiger charge is -2.13. The van der Waals surface area contributed by atoms with Crippen molar-refractivity contribution in [3.05, 3.63) is 54.0 Å². The van der Waals surface area contributed by atoms with Gasteiger partial charge in [-0.05, 0) is 38.1 Å². The second-order valence-corrected chi connectivity index (χ2v) is 5.90. The number of aryl methyl sites for hydroxylation is 2. The van der Waals surface area contributed by atoms with Gasteiger partial charge in [0, 0.05) is 36.1 Å². The number of rotatable bonds is 3. The quantitative estimate of drug-likeness (QED) is 0.716. The fraction of sp³-hybridized carbons (Fsp3) is 0.222. The van der Waals surface area contributed by atoms with Gasteiger partial charge in [0.05, 0.1) is 17.3 Å². The smallest absolute Gasteiger partial charge is 0.313 e. The minimum Gasteiger partial charge on any atom is -0.341 e. The van der Waals surface area contributed by atoms with Crippen LogP contribution in [0.2, 0.25) is 0 Å². The average molecular weight is 337 g/mol. The van der Waals surface area contributed by atoms with E-state index in [9.17, 15) is 9.59 Å². The van der Waals surface area contributed by atoms with Crippen molar-refractivity contribution in [2.24, 2.45) is 7.05 Å². The molecular formula is C18H19N5O2. The molecule has 0 aliphatic heterocycles. The fourth-order valence-electron chi connectivity index (χ4n) is 2.72. The monoisotopic (exact) mass is 337 g/mol. The second kappa shape index (κ2) is 6.72. The Bertz CT molecular complexity index is 948. The van der Waals surface area contributed by atoms with Crippen LogP contribution < -0.4 is 10.6 Å². The largest absolute Gasteiger partial charge is 0.341 e. The molecule has 0 aliphatic carbocycles. The van der Waals surface area contributed by atoms with Gasteiger partial charge in [-0.25, -0.2) is 0 Å². The van der Waals surface area contributed by atoms with Crippen LogP contribution in [-0.2, 0) is 16.6 Å². The van der Waals surface area contributed by atoms with Crippen molar-refractivity contribution in [3.8, 4) is 0 Å². The van der Waals surface area contributed by atoms with Crippen molar-refractivity contribution in [2.45, 2.75) is 19.9 Å². The van der Waals surface area contributed by atoms with E-state index >= 15 is 0 Å². The van der Waals surface area contributed by atoms with E-state index in [1.165, 1.54) is 0 Å². The summed E-state index contributed by atoms with van der Waals surface area (Å²) in [5.41, 5.74) is 3.06. The van der Waals surface area contributed by atoms with Gasteiger partial charge in [-0.2, -0.15) is 5.10 Å². The first kappa shape index (κ1) is 16.6. The molecule has 2 aromatic heterocycles. The van der Waals surface area contributed by atoms with Crippen LogP contribution >= 0.6 is 0 Å². The summed E-state index contributed by atoms with van der Waals surface area (Å²) in [5.74, 6) is -1.40. The lowest BCUT2D eigenvalue weighted by molar-refractivity contribution is -0.136. The van der Waals surface area contributed by atoms with Gasteiger partial charge in [-0.3, -0.25) is 19.3 Å². The van der Waals surface area contributed by atoms with Crippen LogP contribution in [0.4, 0.5) is 5.69 Å². The standard InChI is InChI=1S/C18H19N5O2/c1-11(15-10-23(3)22-12(15)2)20-17(24)18(25)21-14-6-7-16-13(9-14)5-4-8-19-16/h4-11H,1-3H3,(H,20,24)(H,21,25). The van der Waals surface area contributed by atoms with Crippen LogP contribution in [0.1, 0.15) is 24.2 Å². The molecule has 0 bridgehead atoms. The van der Waals surface area contributed by atoms with Crippen LogP contribution in [0.3, 0.4) is 0 Å². The highest BCUT2D eigenvalue weighted by atomic mass is 16.2. The van der Waals surface area contributed by atoms with E-state index in [1.54, 1.807) is 29.1 Å². The predicted octanol–water partition coefficient (Wildman–Crippen LogP) is 2.09. The third-order valence-electron chi connectivity index (χ3n) is 3.93. The molecule has 1 aromatic carbocycles. The van der Waals surface area contributed by atoms with E-state index in [1.807, 2.05) is 39.2 Å². The normalized spacial score (nSPS) is 12.0. The zero-order chi connectivity index (χ0) is 18.0. The highest BCUT2D eigenvalue weighted by Crippen LogP contribution is 2.18. The lowest BCUT2D eigenvalue weighted by Crippen LogP contribution is -2.37. The van der Waals surface area contributed by atoms with Crippen LogP contribution in [0.15, 0.2) is 42.7 Å². The van der Waals surface area contributed by atoms with E-state index < -0.39 is 11.8 Å². The molecule has 7 nitrogen and oxygen atoms in total. The third kappa shape index (κ3) is 3.65. The molecular weight excluding hydrogens is 318 g/mol. The van der Waals surface area contributed by atoms with E-state index in [0.717, 1.165) is 22.2 Å². The van der Waals surface area contributed by atoms with Crippen molar-refractivity contribution in [1.29, 1.82) is 0 Å². The molecule has 0 spiro atoms. The van der Waals surface area contributed by atoms with Crippen molar-refractivity contribution >= 4 is 28.4 Å².